The van der Waals surface area contributed by atoms with Crippen LogP contribution in [0.1, 0.15) is 29.5 Å². The van der Waals surface area contributed by atoms with Gasteiger partial charge in [0.25, 0.3) is 0 Å². The maximum Gasteiger partial charge on any atom is 0.125 e. The minimum Gasteiger partial charge on any atom is -0.312 e. The molecule has 100 valence electrons. The van der Waals surface area contributed by atoms with Crippen LogP contribution in [-0.4, -0.2) is 12.0 Å². The Morgan fingerprint density at radius 1 is 1.47 bits per heavy atom. The Morgan fingerprint density at radius 2 is 2.32 bits per heavy atom. The highest BCUT2D eigenvalue weighted by molar-refractivity contribution is 9.10. The Hall–Kier alpha value is -0.420. The summed E-state index contributed by atoms with van der Waals surface area (Å²) in [6, 6.07) is 6.30. The van der Waals surface area contributed by atoms with Crippen LogP contribution in [0.3, 0.4) is 0 Å². The van der Waals surface area contributed by atoms with Gasteiger partial charge in [-0.15, -0.1) is 11.3 Å². The summed E-state index contributed by atoms with van der Waals surface area (Å²) < 4.78 is 1.05. The highest BCUT2D eigenvalue weighted by Crippen LogP contribution is 2.40. The molecule has 5 heteroatoms. The third kappa shape index (κ3) is 2.59. The number of hydrogen-bond acceptors (Lipinski definition) is 3. The smallest absolute Gasteiger partial charge is 0.125 e. The van der Waals surface area contributed by atoms with Gasteiger partial charge in [-0.1, -0.05) is 27.5 Å². The van der Waals surface area contributed by atoms with E-state index in [0.29, 0.717) is 6.04 Å². The molecule has 0 bridgehead atoms. The highest BCUT2D eigenvalue weighted by Gasteiger charge is 2.24. The van der Waals surface area contributed by atoms with Gasteiger partial charge in [-0.05, 0) is 44.5 Å². The van der Waals surface area contributed by atoms with Crippen LogP contribution in [-0.2, 0) is 6.42 Å². The van der Waals surface area contributed by atoms with Gasteiger partial charge in [0.15, 0.2) is 0 Å². The number of fused-ring (bicyclic) bond motifs is 1. The Kier molecular flexibility index (Phi) is 3.94. The Labute approximate surface area is 130 Å². The molecule has 1 N–H and O–H groups in total. The lowest BCUT2D eigenvalue weighted by Gasteiger charge is -2.19. The molecule has 0 fully saturated rings. The third-order valence-electron chi connectivity index (χ3n) is 3.46. The largest absolute Gasteiger partial charge is 0.312 e. The lowest BCUT2D eigenvalue weighted by atomic mass is 9.98. The molecule has 0 radical (unpaired) electrons. The topological polar surface area (TPSA) is 24.9 Å². The van der Waals surface area contributed by atoms with Crippen LogP contribution < -0.4 is 5.32 Å². The van der Waals surface area contributed by atoms with E-state index in [1.54, 1.807) is 11.3 Å². The van der Waals surface area contributed by atoms with Gasteiger partial charge in [0.05, 0.1) is 5.69 Å². The van der Waals surface area contributed by atoms with Crippen LogP contribution in [0.2, 0.25) is 5.02 Å². The second-order valence-corrected chi connectivity index (χ2v) is 7.01. The molecule has 1 unspecified atom stereocenters. The van der Waals surface area contributed by atoms with E-state index in [9.17, 15) is 0 Å². The summed E-state index contributed by atoms with van der Waals surface area (Å²) in [5, 5.41) is 5.19. The van der Waals surface area contributed by atoms with E-state index < -0.39 is 0 Å². The van der Waals surface area contributed by atoms with Gasteiger partial charge in [0.1, 0.15) is 5.01 Å². The fourth-order valence-corrected chi connectivity index (χ4v) is 4.50. The van der Waals surface area contributed by atoms with Gasteiger partial charge in [-0.3, -0.25) is 0 Å². The highest BCUT2D eigenvalue weighted by atomic mass is 79.9. The van der Waals surface area contributed by atoms with Crippen molar-refractivity contribution in [3.8, 4) is 10.6 Å². The maximum absolute atomic E-state index is 6.09. The van der Waals surface area contributed by atoms with E-state index >= 15 is 0 Å². The standard InChI is InChI=1S/C14H14BrClN2S/c1-17-11-3-2-4-12-13(11)19-14(18-12)9-7-8(16)5-6-10(9)15/h5-7,11,17H,2-4H2,1H3. The van der Waals surface area contributed by atoms with Crippen molar-refractivity contribution in [3.63, 3.8) is 0 Å². The molecule has 0 aliphatic heterocycles. The van der Waals surface area contributed by atoms with Crippen molar-refractivity contribution in [2.24, 2.45) is 0 Å². The molecule has 2 aromatic rings. The number of hydrogen-bond donors (Lipinski definition) is 1. The van der Waals surface area contributed by atoms with E-state index in [2.05, 4.69) is 21.2 Å². The number of aromatic nitrogens is 1. The van der Waals surface area contributed by atoms with Gasteiger partial charge in [0.2, 0.25) is 0 Å². The van der Waals surface area contributed by atoms with Crippen LogP contribution in [0.25, 0.3) is 10.6 Å². The summed E-state index contributed by atoms with van der Waals surface area (Å²) >= 11 is 11.5. The van der Waals surface area contributed by atoms with Crippen molar-refractivity contribution in [2.75, 3.05) is 7.05 Å². The van der Waals surface area contributed by atoms with Crippen LogP contribution in [0.4, 0.5) is 0 Å². The van der Waals surface area contributed by atoms with Crippen molar-refractivity contribution >= 4 is 38.9 Å². The molecule has 2 nitrogen and oxygen atoms in total. The summed E-state index contributed by atoms with van der Waals surface area (Å²) in [5.74, 6) is 0. The third-order valence-corrected chi connectivity index (χ3v) is 5.63. The molecule has 1 aromatic heterocycles. The average Bonchev–Trinajstić information content (AvgIpc) is 2.85. The Morgan fingerprint density at radius 3 is 3.11 bits per heavy atom. The zero-order valence-electron chi connectivity index (χ0n) is 10.5. The molecule has 0 spiro atoms. The van der Waals surface area contributed by atoms with Gasteiger partial charge in [0, 0.05) is 26.0 Å². The quantitative estimate of drug-likeness (QED) is 0.833. The molecule has 1 heterocycles. The van der Waals surface area contributed by atoms with Crippen molar-refractivity contribution < 1.29 is 0 Å². The van der Waals surface area contributed by atoms with Gasteiger partial charge in [-0.2, -0.15) is 0 Å². The number of aryl methyl sites for hydroxylation is 1. The zero-order valence-corrected chi connectivity index (χ0v) is 13.7. The first-order valence-corrected chi connectivity index (χ1v) is 8.30. The van der Waals surface area contributed by atoms with Crippen LogP contribution >= 0.6 is 38.9 Å². The molecule has 1 aliphatic carbocycles. The first-order chi connectivity index (χ1) is 9.19. The fourth-order valence-electron chi connectivity index (χ4n) is 2.47. The van der Waals surface area contributed by atoms with Crippen LogP contribution in [0.5, 0.6) is 0 Å². The normalized spacial score (nSPS) is 18.4. The molecular weight excluding hydrogens is 344 g/mol. The van der Waals surface area contributed by atoms with Crippen LogP contribution in [0.15, 0.2) is 22.7 Å². The van der Waals surface area contributed by atoms with Crippen molar-refractivity contribution in [1.82, 2.24) is 10.3 Å². The summed E-state index contributed by atoms with van der Waals surface area (Å²) in [5.41, 5.74) is 2.33. The predicted molar refractivity (Wildman–Crippen MR) is 85.0 cm³/mol. The molecule has 19 heavy (non-hydrogen) atoms. The minimum atomic E-state index is 0.452. The summed E-state index contributed by atoms with van der Waals surface area (Å²) in [4.78, 5) is 6.20. The number of benzene rings is 1. The number of rotatable bonds is 2. The van der Waals surface area contributed by atoms with Crippen molar-refractivity contribution in [3.05, 3.63) is 38.3 Å². The van der Waals surface area contributed by atoms with E-state index in [1.807, 2.05) is 25.2 Å². The molecule has 0 amide bonds. The fraction of sp³-hybridized carbons (Fsp3) is 0.357. The first kappa shape index (κ1) is 13.6. The molecule has 0 saturated heterocycles. The van der Waals surface area contributed by atoms with E-state index in [1.165, 1.54) is 23.4 Å². The Balaban J connectivity index is 2.07. The molecule has 1 atom stereocenters. The molecule has 0 saturated carbocycles. The van der Waals surface area contributed by atoms with Gasteiger partial charge >= 0.3 is 0 Å². The predicted octanol–water partition coefficient (Wildman–Crippen LogP) is 4.82. The van der Waals surface area contributed by atoms with Crippen molar-refractivity contribution in [1.29, 1.82) is 0 Å². The second kappa shape index (κ2) is 5.52. The van der Waals surface area contributed by atoms with Gasteiger partial charge < -0.3 is 5.32 Å². The first-order valence-electron chi connectivity index (χ1n) is 6.31. The molecule has 3 rings (SSSR count). The number of thiazole rings is 1. The van der Waals surface area contributed by atoms with E-state index in [4.69, 9.17) is 16.6 Å². The number of nitrogens with one attached hydrogen (secondary N) is 1. The van der Waals surface area contributed by atoms with Crippen molar-refractivity contribution in [2.45, 2.75) is 25.3 Å². The maximum atomic E-state index is 6.09. The summed E-state index contributed by atoms with van der Waals surface area (Å²) in [7, 11) is 2.02. The summed E-state index contributed by atoms with van der Waals surface area (Å²) in [6.45, 7) is 0. The minimum absolute atomic E-state index is 0.452. The van der Waals surface area contributed by atoms with E-state index in [-0.39, 0.29) is 0 Å². The molecular formula is C14H14BrClN2S. The SMILES string of the molecule is CNC1CCCc2nc(-c3cc(Cl)ccc3Br)sc21. The number of nitrogens with zero attached hydrogens (tertiary/aromatic N) is 1. The zero-order chi connectivity index (χ0) is 13.4. The molecule has 1 aromatic carbocycles. The monoisotopic (exact) mass is 356 g/mol. The lowest BCUT2D eigenvalue weighted by Crippen LogP contribution is -2.19. The second-order valence-electron chi connectivity index (χ2n) is 4.69. The van der Waals surface area contributed by atoms with Gasteiger partial charge in [-0.25, -0.2) is 4.98 Å². The number of halogens is 2. The van der Waals surface area contributed by atoms with Crippen LogP contribution in [0, 0.1) is 0 Å². The summed E-state index contributed by atoms with van der Waals surface area (Å²) in [6.07, 6.45) is 3.49. The Bertz CT molecular complexity index is 611. The molecule has 1 aliphatic rings. The van der Waals surface area contributed by atoms with E-state index in [0.717, 1.165) is 26.5 Å². The average molecular weight is 358 g/mol. The lowest BCUT2D eigenvalue weighted by molar-refractivity contribution is 0.501.